The molecule has 0 heterocycles. The maximum absolute atomic E-state index is 12.9. The van der Waals surface area contributed by atoms with E-state index >= 15 is 0 Å². The van der Waals surface area contributed by atoms with Crippen LogP contribution in [0.15, 0.2) is 0 Å². The zero-order valence-corrected chi connectivity index (χ0v) is 17.9. The Bertz CT molecular complexity index is 441. The number of hydrogen-bond acceptors (Lipinski definition) is 3. The van der Waals surface area contributed by atoms with Crippen molar-refractivity contribution in [3.05, 3.63) is 0 Å². The molecule has 6 nitrogen and oxygen atoms in total. The van der Waals surface area contributed by atoms with Crippen molar-refractivity contribution in [2.45, 2.75) is 117 Å². The molecule has 0 spiro atoms. The number of nitrogens with zero attached hydrogens (tertiary/aromatic N) is 1. The number of carboxylic acid groups (broad SMARTS) is 1. The number of nitrogens with one attached hydrogen (secondary N) is 1. The van der Waals surface area contributed by atoms with E-state index in [1.54, 1.807) is 4.90 Å². The second kappa shape index (κ2) is 14.5. The van der Waals surface area contributed by atoms with Crippen molar-refractivity contribution in [2.24, 2.45) is 0 Å². The molecule has 1 atom stereocenters. The Kier molecular flexibility index (Phi) is 13.6. The van der Waals surface area contributed by atoms with Gasteiger partial charge in [0, 0.05) is 24.9 Å². The van der Waals surface area contributed by atoms with E-state index in [2.05, 4.69) is 12.2 Å². The topological polar surface area (TPSA) is 86.7 Å². The van der Waals surface area contributed by atoms with E-state index in [9.17, 15) is 14.4 Å². The second-order valence-electron chi connectivity index (χ2n) is 7.86. The lowest BCUT2D eigenvalue weighted by atomic mass is 10.1. The number of hydrogen-bond donors (Lipinski definition) is 2. The Morgan fingerprint density at radius 1 is 0.852 bits per heavy atom. The molecular weight excluding hydrogens is 344 g/mol. The van der Waals surface area contributed by atoms with Gasteiger partial charge in [0.1, 0.15) is 6.04 Å². The summed E-state index contributed by atoms with van der Waals surface area (Å²) in [4.78, 5) is 37.8. The van der Waals surface area contributed by atoms with E-state index in [0.717, 1.165) is 19.3 Å². The third-order valence-corrected chi connectivity index (χ3v) is 4.65. The molecule has 0 aromatic carbocycles. The lowest BCUT2D eigenvalue weighted by Gasteiger charge is -2.34. The Balaban J connectivity index is 4.60. The maximum atomic E-state index is 12.9. The first kappa shape index (κ1) is 25.4. The van der Waals surface area contributed by atoms with Crippen LogP contribution in [-0.2, 0) is 14.4 Å². The highest BCUT2D eigenvalue weighted by Crippen LogP contribution is 2.12. The molecule has 6 heteroatoms. The third kappa shape index (κ3) is 11.7. The molecule has 0 unspecified atom stereocenters. The van der Waals surface area contributed by atoms with Crippen LogP contribution in [0.1, 0.15) is 98.8 Å². The van der Waals surface area contributed by atoms with E-state index in [4.69, 9.17) is 5.11 Å². The van der Waals surface area contributed by atoms with E-state index in [1.165, 1.54) is 25.7 Å². The summed E-state index contributed by atoms with van der Waals surface area (Å²) in [7, 11) is 0. The Morgan fingerprint density at radius 3 is 1.85 bits per heavy atom. The van der Waals surface area contributed by atoms with Gasteiger partial charge in [0.25, 0.3) is 0 Å². The molecule has 0 bridgehead atoms. The van der Waals surface area contributed by atoms with Gasteiger partial charge in [-0.05, 0) is 40.5 Å². The maximum Gasteiger partial charge on any atom is 0.303 e. The standard InChI is InChI=1S/C21H40N2O4/c1-6-7-8-9-10-11-12-13-19(24)22-18(14-15-20(25)26)21(27)23(16(2)3)17(4)5/h16-18H,6-15H2,1-5H3,(H,22,24)(H,25,26)/t18-/m0/s1. The molecule has 0 aromatic heterocycles. The molecule has 27 heavy (non-hydrogen) atoms. The first-order valence-electron chi connectivity index (χ1n) is 10.5. The molecule has 0 saturated carbocycles. The molecule has 2 amide bonds. The van der Waals surface area contributed by atoms with Gasteiger partial charge in [-0.1, -0.05) is 45.4 Å². The quantitative estimate of drug-likeness (QED) is 0.416. The van der Waals surface area contributed by atoms with Crippen LogP contribution < -0.4 is 5.32 Å². The zero-order chi connectivity index (χ0) is 20.8. The van der Waals surface area contributed by atoms with E-state index in [-0.39, 0.29) is 36.7 Å². The largest absolute Gasteiger partial charge is 0.481 e. The lowest BCUT2D eigenvalue weighted by molar-refractivity contribution is -0.141. The minimum absolute atomic E-state index is 0.00940. The number of rotatable bonds is 15. The van der Waals surface area contributed by atoms with Gasteiger partial charge in [0.05, 0.1) is 0 Å². The van der Waals surface area contributed by atoms with Gasteiger partial charge < -0.3 is 15.3 Å². The van der Waals surface area contributed by atoms with Crippen LogP contribution in [-0.4, -0.2) is 45.9 Å². The Hall–Kier alpha value is -1.59. The number of unbranched alkanes of at least 4 members (excludes halogenated alkanes) is 6. The predicted molar refractivity (Wildman–Crippen MR) is 109 cm³/mol. The number of carboxylic acids is 1. The predicted octanol–water partition coefficient (Wildman–Crippen LogP) is 4.12. The first-order valence-corrected chi connectivity index (χ1v) is 10.5. The molecule has 158 valence electrons. The fourth-order valence-electron chi connectivity index (χ4n) is 3.32. The fraction of sp³-hybridized carbons (Fsp3) is 0.857. The molecular formula is C21H40N2O4. The van der Waals surface area contributed by atoms with Crippen LogP contribution in [0.25, 0.3) is 0 Å². The smallest absolute Gasteiger partial charge is 0.303 e. The minimum Gasteiger partial charge on any atom is -0.481 e. The lowest BCUT2D eigenvalue weighted by Crippen LogP contribution is -2.53. The third-order valence-electron chi connectivity index (χ3n) is 4.65. The van der Waals surface area contributed by atoms with Crippen LogP contribution >= 0.6 is 0 Å². The summed E-state index contributed by atoms with van der Waals surface area (Å²) < 4.78 is 0. The molecule has 0 aliphatic carbocycles. The van der Waals surface area contributed by atoms with E-state index in [0.29, 0.717) is 6.42 Å². The highest BCUT2D eigenvalue weighted by Gasteiger charge is 2.29. The summed E-state index contributed by atoms with van der Waals surface area (Å²) in [5.74, 6) is -1.33. The molecule has 0 aliphatic rings. The van der Waals surface area contributed by atoms with E-state index in [1.807, 2.05) is 27.7 Å². The monoisotopic (exact) mass is 384 g/mol. The van der Waals surface area contributed by atoms with Crippen molar-refractivity contribution in [3.8, 4) is 0 Å². The van der Waals surface area contributed by atoms with Crippen LogP contribution in [0, 0.1) is 0 Å². The first-order chi connectivity index (χ1) is 12.7. The number of amides is 2. The van der Waals surface area contributed by atoms with Crippen LogP contribution in [0.2, 0.25) is 0 Å². The van der Waals surface area contributed by atoms with Gasteiger partial charge in [-0.25, -0.2) is 0 Å². The van der Waals surface area contributed by atoms with Crippen LogP contribution in [0.3, 0.4) is 0 Å². The SMILES string of the molecule is CCCCCCCCCC(=O)N[C@@H](CCC(=O)O)C(=O)N(C(C)C)C(C)C. The molecule has 0 aromatic rings. The Labute approximate surface area is 165 Å². The molecule has 0 fully saturated rings. The van der Waals surface area contributed by atoms with Crippen molar-refractivity contribution in [3.63, 3.8) is 0 Å². The summed E-state index contributed by atoms with van der Waals surface area (Å²) in [6.45, 7) is 9.88. The summed E-state index contributed by atoms with van der Waals surface area (Å²) in [6.07, 6.45) is 8.22. The molecule has 0 rings (SSSR count). The average molecular weight is 385 g/mol. The normalized spacial score (nSPS) is 12.3. The van der Waals surface area contributed by atoms with Gasteiger partial charge in [0.15, 0.2) is 0 Å². The van der Waals surface area contributed by atoms with Crippen LogP contribution in [0.4, 0.5) is 0 Å². The molecule has 0 radical (unpaired) electrons. The molecule has 0 saturated heterocycles. The number of carbonyl (C=O) groups excluding carboxylic acids is 2. The van der Waals surface area contributed by atoms with Crippen molar-refractivity contribution in [1.29, 1.82) is 0 Å². The van der Waals surface area contributed by atoms with E-state index < -0.39 is 12.0 Å². The molecule has 2 N–H and O–H groups in total. The van der Waals surface area contributed by atoms with Gasteiger partial charge >= 0.3 is 5.97 Å². The second-order valence-corrected chi connectivity index (χ2v) is 7.86. The summed E-state index contributed by atoms with van der Waals surface area (Å²) in [5, 5.41) is 11.7. The average Bonchev–Trinajstić information content (AvgIpc) is 2.56. The highest BCUT2D eigenvalue weighted by molar-refractivity contribution is 5.88. The van der Waals surface area contributed by atoms with Crippen molar-refractivity contribution in [1.82, 2.24) is 10.2 Å². The minimum atomic E-state index is -0.963. The number of aliphatic carboxylic acids is 1. The van der Waals surface area contributed by atoms with Gasteiger partial charge in [-0.3, -0.25) is 14.4 Å². The van der Waals surface area contributed by atoms with Gasteiger partial charge in [-0.15, -0.1) is 0 Å². The summed E-state index contributed by atoms with van der Waals surface area (Å²) in [6, 6.07) is -0.794. The van der Waals surface area contributed by atoms with Crippen molar-refractivity contribution in [2.75, 3.05) is 0 Å². The van der Waals surface area contributed by atoms with Crippen molar-refractivity contribution < 1.29 is 19.5 Å². The molecule has 0 aliphatic heterocycles. The highest BCUT2D eigenvalue weighted by atomic mass is 16.4. The van der Waals surface area contributed by atoms with Gasteiger partial charge in [0.2, 0.25) is 11.8 Å². The van der Waals surface area contributed by atoms with Gasteiger partial charge in [-0.2, -0.15) is 0 Å². The number of carbonyl (C=O) groups is 3. The Morgan fingerprint density at radius 2 is 1.37 bits per heavy atom. The summed E-state index contributed by atoms with van der Waals surface area (Å²) >= 11 is 0. The van der Waals surface area contributed by atoms with Crippen molar-refractivity contribution >= 4 is 17.8 Å². The van der Waals surface area contributed by atoms with Crippen LogP contribution in [0.5, 0.6) is 0 Å². The zero-order valence-electron chi connectivity index (χ0n) is 17.9. The summed E-state index contributed by atoms with van der Waals surface area (Å²) in [5.41, 5.74) is 0. The fourth-order valence-corrected chi connectivity index (χ4v) is 3.32.